The second-order valence-electron chi connectivity index (χ2n) is 4.65. The number of tetrazole rings is 1. The minimum atomic E-state index is 0.551. The third-order valence-corrected chi connectivity index (χ3v) is 3.15. The van der Waals surface area contributed by atoms with Crippen LogP contribution >= 0.6 is 0 Å². The summed E-state index contributed by atoms with van der Waals surface area (Å²) in [4.78, 5) is 0. The van der Waals surface area contributed by atoms with E-state index in [9.17, 15) is 0 Å². The summed E-state index contributed by atoms with van der Waals surface area (Å²) in [5.41, 5.74) is 8.84. The van der Waals surface area contributed by atoms with Crippen molar-refractivity contribution in [3.63, 3.8) is 0 Å². The molecule has 0 radical (unpaired) electrons. The summed E-state index contributed by atoms with van der Waals surface area (Å²) in [6.07, 6.45) is 1.86. The van der Waals surface area contributed by atoms with Crippen LogP contribution in [0.5, 0.6) is 5.75 Å². The number of nitrogen functional groups attached to an aromatic ring is 1. The Morgan fingerprint density at radius 3 is 2.76 bits per heavy atom. The van der Waals surface area contributed by atoms with Crippen LogP contribution in [0.3, 0.4) is 0 Å². The fraction of sp³-hybridized carbons (Fsp3) is 0.231. The molecular weight excluding hydrogens is 270 g/mol. The van der Waals surface area contributed by atoms with Crippen LogP contribution in [0.2, 0.25) is 0 Å². The first kappa shape index (κ1) is 13.1. The minimum Gasteiger partial charge on any atom is -0.496 e. The molecule has 3 rings (SSSR count). The Hall–Kier alpha value is -2.90. The monoisotopic (exact) mass is 285 g/mol. The zero-order chi connectivity index (χ0) is 15.0. The normalized spacial score (nSPS) is 10.8. The van der Waals surface area contributed by atoms with Gasteiger partial charge >= 0.3 is 0 Å². The Morgan fingerprint density at radius 2 is 2.10 bits per heavy atom. The molecule has 108 valence electrons. The van der Waals surface area contributed by atoms with Gasteiger partial charge in [-0.3, -0.25) is 4.68 Å². The molecule has 21 heavy (non-hydrogen) atoms. The molecule has 1 aromatic carbocycles. The number of anilines is 1. The number of aromatic nitrogens is 6. The fourth-order valence-electron chi connectivity index (χ4n) is 2.21. The molecule has 3 aromatic rings. The second-order valence-corrected chi connectivity index (χ2v) is 4.65. The van der Waals surface area contributed by atoms with Gasteiger partial charge in [0, 0.05) is 12.7 Å². The SMILES string of the molecule is COc1ccc(N)cc1-c1nnnn1-c1cn(C)nc1C. The zero-order valence-corrected chi connectivity index (χ0v) is 12.0. The quantitative estimate of drug-likeness (QED) is 0.720. The first-order valence-electron chi connectivity index (χ1n) is 6.33. The summed E-state index contributed by atoms with van der Waals surface area (Å²) < 4.78 is 8.70. The summed E-state index contributed by atoms with van der Waals surface area (Å²) >= 11 is 0. The third kappa shape index (κ3) is 2.20. The molecule has 0 spiro atoms. The zero-order valence-electron chi connectivity index (χ0n) is 12.0. The van der Waals surface area contributed by atoms with E-state index in [1.807, 2.05) is 20.2 Å². The Kier molecular flexibility index (Phi) is 3.05. The van der Waals surface area contributed by atoms with Gasteiger partial charge in [0.2, 0.25) is 0 Å². The molecule has 0 saturated heterocycles. The van der Waals surface area contributed by atoms with Crippen molar-refractivity contribution in [2.45, 2.75) is 6.92 Å². The maximum atomic E-state index is 5.86. The number of aryl methyl sites for hydroxylation is 2. The van der Waals surface area contributed by atoms with Gasteiger partial charge in [-0.1, -0.05) is 0 Å². The highest BCUT2D eigenvalue weighted by atomic mass is 16.5. The highest BCUT2D eigenvalue weighted by Crippen LogP contribution is 2.31. The maximum Gasteiger partial charge on any atom is 0.191 e. The molecule has 2 aromatic heterocycles. The van der Waals surface area contributed by atoms with Crippen molar-refractivity contribution in [1.29, 1.82) is 0 Å². The van der Waals surface area contributed by atoms with Crippen LogP contribution < -0.4 is 10.5 Å². The molecule has 0 unspecified atom stereocenters. The number of hydrogen-bond donors (Lipinski definition) is 1. The van der Waals surface area contributed by atoms with Gasteiger partial charge < -0.3 is 10.5 Å². The van der Waals surface area contributed by atoms with E-state index in [1.165, 1.54) is 0 Å². The van der Waals surface area contributed by atoms with E-state index < -0.39 is 0 Å². The summed E-state index contributed by atoms with van der Waals surface area (Å²) in [6, 6.07) is 5.35. The number of nitrogens with two attached hydrogens (primary N) is 1. The average Bonchev–Trinajstić information content (AvgIpc) is 3.04. The first-order chi connectivity index (χ1) is 10.1. The van der Waals surface area contributed by atoms with Crippen molar-refractivity contribution < 1.29 is 4.74 Å². The van der Waals surface area contributed by atoms with Crippen molar-refractivity contribution in [3.8, 4) is 22.8 Å². The molecular formula is C13H15N7O. The molecule has 8 nitrogen and oxygen atoms in total. The van der Waals surface area contributed by atoms with Gasteiger partial charge in [-0.15, -0.1) is 5.10 Å². The van der Waals surface area contributed by atoms with E-state index in [1.54, 1.807) is 34.7 Å². The van der Waals surface area contributed by atoms with Gasteiger partial charge in [-0.05, 0) is 35.5 Å². The second kappa shape index (κ2) is 4.89. The van der Waals surface area contributed by atoms with Crippen molar-refractivity contribution >= 4 is 5.69 Å². The minimum absolute atomic E-state index is 0.551. The Labute approximate surface area is 121 Å². The van der Waals surface area contributed by atoms with Gasteiger partial charge in [0.1, 0.15) is 11.4 Å². The number of nitrogens with zero attached hydrogens (tertiary/aromatic N) is 6. The fourth-order valence-corrected chi connectivity index (χ4v) is 2.21. The molecule has 0 aliphatic rings. The standard InChI is InChI=1S/C13H15N7O/c1-8-11(7-19(2)16-8)20-13(15-17-18-20)10-6-9(14)4-5-12(10)21-3/h4-7H,14H2,1-3H3. The largest absolute Gasteiger partial charge is 0.496 e. The lowest BCUT2D eigenvalue weighted by Crippen LogP contribution is -2.02. The van der Waals surface area contributed by atoms with Crippen molar-refractivity contribution in [1.82, 2.24) is 30.0 Å². The first-order valence-corrected chi connectivity index (χ1v) is 6.33. The summed E-state index contributed by atoms with van der Waals surface area (Å²) in [5, 5.41) is 16.2. The van der Waals surface area contributed by atoms with Crippen molar-refractivity contribution in [2.75, 3.05) is 12.8 Å². The van der Waals surface area contributed by atoms with E-state index in [0.29, 0.717) is 17.3 Å². The lowest BCUT2D eigenvalue weighted by atomic mass is 10.1. The average molecular weight is 285 g/mol. The highest BCUT2D eigenvalue weighted by Gasteiger charge is 2.18. The molecule has 0 bridgehead atoms. The van der Waals surface area contributed by atoms with Crippen LogP contribution in [0, 0.1) is 6.92 Å². The molecule has 0 aliphatic heterocycles. The van der Waals surface area contributed by atoms with E-state index in [4.69, 9.17) is 10.5 Å². The summed E-state index contributed by atoms with van der Waals surface area (Å²) in [5.74, 6) is 1.21. The van der Waals surface area contributed by atoms with Crippen LogP contribution in [0.15, 0.2) is 24.4 Å². The number of benzene rings is 1. The molecule has 2 N–H and O–H groups in total. The van der Waals surface area contributed by atoms with E-state index in [2.05, 4.69) is 20.6 Å². The lowest BCUT2D eigenvalue weighted by Gasteiger charge is -2.09. The molecule has 0 aliphatic carbocycles. The van der Waals surface area contributed by atoms with Crippen LogP contribution in [0.4, 0.5) is 5.69 Å². The molecule has 0 fully saturated rings. The highest BCUT2D eigenvalue weighted by molar-refractivity contribution is 5.70. The lowest BCUT2D eigenvalue weighted by molar-refractivity contribution is 0.416. The van der Waals surface area contributed by atoms with Gasteiger partial charge in [-0.2, -0.15) is 9.78 Å². The van der Waals surface area contributed by atoms with Crippen LogP contribution in [0.1, 0.15) is 5.69 Å². The van der Waals surface area contributed by atoms with E-state index >= 15 is 0 Å². The summed E-state index contributed by atoms with van der Waals surface area (Å²) in [6.45, 7) is 1.90. The number of hydrogen-bond acceptors (Lipinski definition) is 6. The van der Waals surface area contributed by atoms with Gasteiger partial charge in [0.15, 0.2) is 5.82 Å². The van der Waals surface area contributed by atoms with Crippen molar-refractivity contribution in [2.24, 2.45) is 7.05 Å². The molecule has 0 atom stereocenters. The van der Waals surface area contributed by atoms with Gasteiger partial charge in [0.05, 0.1) is 24.6 Å². The van der Waals surface area contributed by atoms with Gasteiger partial charge in [0.25, 0.3) is 0 Å². The topological polar surface area (TPSA) is 96.7 Å². The van der Waals surface area contributed by atoms with E-state index in [-0.39, 0.29) is 0 Å². The maximum absolute atomic E-state index is 5.86. The Morgan fingerprint density at radius 1 is 1.29 bits per heavy atom. The van der Waals surface area contributed by atoms with E-state index in [0.717, 1.165) is 16.9 Å². The third-order valence-electron chi connectivity index (χ3n) is 3.15. The molecule has 0 amide bonds. The van der Waals surface area contributed by atoms with Crippen LogP contribution in [-0.2, 0) is 7.05 Å². The molecule has 8 heteroatoms. The Bertz CT molecular complexity index is 790. The van der Waals surface area contributed by atoms with Crippen LogP contribution in [0.25, 0.3) is 17.1 Å². The number of rotatable bonds is 3. The van der Waals surface area contributed by atoms with Gasteiger partial charge in [-0.25, -0.2) is 0 Å². The van der Waals surface area contributed by atoms with Crippen molar-refractivity contribution in [3.05, 3.63) is 30.1 Å². The predicted molar refractivity (Wildman–Crippen MR) is 77.1 cm³/mol. The predicted octanol–water partition coefficient (Wildman–Crippen LogP) is 0.962. The smallest absolute Gasteiger partial charge is 0.191 e. The summed E-state index contributed by atoms with van der Waals surface area (Å²) in [7, 11) is 3.44. The number of ether oxygens (including phenoxy) is 1. The van der Waals surface area contributed by atoms with Crippen LogP contribution in [-0.4, -0.2) is 37.1 Å². The molecule has 0 saturated carbocycles. The molecule has 2 heterocycles. The Balaban J connectivity index is 2.20. The number of methoxy groups -OCH3 is 1.